The fourth-order valence-corrected chi connectivity index (χ4v) is 2.41. The fraction of sp³-hybridized carbons (Fsp3) is 0.150. The Bertz CT molecular complexity index is 1020. The highest BCUT2D eigenvalue weighted by molar-refractivity contribution is 5.97. The Morgan fingerprint density at radius 1 is 0.857 bits per heavy atom. The van der Waals surface area contributed by atoms with Crippen molar-refractivity contribution in [1.29, 1.82) is 0 Å². The van der Waals surface area contributed by atoms with Gasteiger partial charge in [-0.25, -0.2) is 9.59 Å². The van der Waals surface area contributed by atoms with E-state index >= 15 is 0 Å². The predicted molar refractivity (Wildman–Crippen MR) is 101 cm³/mol. The van der Waals surface area contributed by atoms with Gasteiger partial charge in [0.2, 0.25) is 0 Å². The third-order valence-corrected chi connectivity index (χ3v) is 3.72. The van der Waals surface area contributed by atoms with Crippen molar-refractivity contribution in [3.8, 4) is 0 Å². The molecule has 1 N–H and O–H groups in total. The minimum atomic E-state index is -0.639. The molecule has 0 atom stereocenters. The van der Waals surface area contributed by atoms with Crippen LogP contribution >= 0.6 is 0 Å². The van der Waals surface area contributed by atoms with Gasteiger partial charge in [0.05, 0.1) is 28.8 Å². The molecule has 0 saturated heterocycles. The van der Waals surface area contributed by atoms with Crippen molar-refractivity contribution in [1.82, 2.24) is 9.97 Å². The number of ether oxygens (including phenoxy) is 2. The first-order chi connectivity index (χ1) is 13.6. The van der Waals surface area contributed by atoms with Crippen molar-refractivity contribution in [3.05, 3.63) is 66.0 Å². The molecule has 0 fully saturated rings. The molecule has 0 aliphatic carbocycles. The maximum Gasteiger partial charge on any atom is 0.338 e. The number of carbonyl (C=O) groups excluding carboxylic acids is 3. The molecule has 0 unspecified atom stereocenters. The summed E-state index contributed by atoms with van der Waals surface area (Å²) in [4.78, 5) is 43.9. The molecule has 28 heavy (non-hydrogen) atoms. The summed E-state index contributed by atoms with van der Waals surface area (Å²) in [7, 11) is 0. The van der Waals surface area contributed by atoms with E-state index in [0.29, 0.717) is 22.3 Å². The molecule has 3 rings (SSSR count). The maximum atomic E-state index is 12.1. The van der Waals surface area contributed by atoms with Crippen LogP contribution in [0.1, 0.15) is 27.6 Å². The molecule has 1 amide bonds. The average Bonchev–Trinajstić information content (AvgIpc) is 2.72. The number of nitrogens with one attached hydrogen (secondary N) is 1. The van der Waals surface area contributed by atoms with Crippen molar-refractivity contribution < 1.29 is 23.9 Å². The number of benzene rings is 2. The van der Waals surface area contributed by atoms with E-state index in [9.17, 15) is 14.4 Å². The predicted octanol–water partition coefficient (Wildman–Crippen LogP) is 2.60. The van der Waals surface area contributed by atoms with Gasteiger partial charge < -0.3 is 14.8 Å². The standard InChI is InChI=1S/C20H17N3O5/c1-2-27-19(25)13-3-6-15(7-4-13)23-18(24)12-28-20(26)14-5-8-16-17(11-14)22-10-9-21-16/h3-11H,2,12H2,1H3,(H,23,24). The highest BCUT2D eigenvalue weighted by atomic mass is 16.5. The molecular weight excluding hydrogens is 362 g/mol. The first kappa shape index (κ1) is 19.0. The molecule has 8 heteroatoms. The van der Waals surface area contributed by atoms with E-state index in [0.717, 1.165) is 0 Å². The van der Waals surface area contributed by atoms with Gasteiger partial charge in [-0.3, -0.25) is 14.8 Å². The zero-order chi connectivity index (χ0) is 19.9. The van der Waals surface area contributed by atoms with Crippen LogP contribution in [0.4, 0.5) is 5.69 Å². The Balaban J connectivity index is 1.54. The van der Waals surface area contributed by atoms with Crippen LogP contribution in [0.2, 0.25) is 0 Å². The van der Waals surface area contributed by atoms with E-state index in [1.807, 2.05) is 0 Å². The van der Waals surface area contributed by atoms with Crippen LogP contribution in [0.25, 0.3) is 11.0 Å². The Labute approximate surface area is 160 Å². The molecule has 1 aromatic heterocycles. The molecule has 0 radical (unpaired) electrons. The number of esters is 2. The molecule has 0 saturated carbocycles. The van der Waals surface area contributed by atoms with Gasteiger partial charge in [0, 0.05) is 18.1 Å². The number of fused-ring (bicyclic) bond motifs is 1. The number of nitrogens with zero attached hydrogens (tertiary/aromatic N) is 2. The van der Waals surface area contributed by atoms with Gasteiger partial charge in [0.1, 0.15) is 0 Å². The van der Waals surface area contributed by atoms with Crippen molar-refractivity contribution in [2.24, 2.45) is 0 Å². The fourth-order valence-electron chi connectivity index (χ4n) is 2.41. The lowest BCUT2D eigenvalue weighted by atomic mass is 10.2. The van der Waals surface area contributed by atoms with Crippen molar-refractivity contribution in [3.63, 3.8) is 0 Å². The van der Waals surface area contributed by atoms with Gasteiger partial charge in [-0.15, -0.1) is 0 Å². The lowest BCUT2D eigenvalue weighted by molar-refractivity contribution is -0.119. The summed E-state index contributed by atoms with van der Waals surface area (Å²) in [5, 5.41) is 2.59. The monoisotopic (exact) mass is 379 g/mol. The molecule has 0 bridgehead atoms. The molecule has 0 aliphatic rings. The highest BCUT2D eigenvalue weighted by Gasteiger charge is 2.12. The summed E-state index contributed by atoms with van der Waals surface area (Å²) in [6.45, 7) is 1.56. The summed E-state index contributed by atoms with van der Waals surface area (Å²) in [6.07, 6.45) is 3.09. The average molecular weight is 379 g/mol. The van der Waals surface area contributed by atoms with E-state index in [2.05, 4.69) is 15.3 Å². The lowest BCUT2D eigenvalue weighted by Gasteiger charge is -2.08. The number of aromatic nitrogens is 2. The van der Waals surface area contributed by atoms with Crippen molar-refractivity contribution >= 4 is 34.6 Å². The van der Waals surface area contributed by atoms with Gasteiger partial charge >= 0.3 is 11.9 Å². The second-order valence-electron chi connectivity index (χ2n) is 5.68. The quantitative estimate of drug-likeness (QED) is 0.656. The number of anilines is 1. The van der Waals surface area contributed by atoms with E-state index in [-0.39, 0.29) is 12.2 Å². The van der Waals surface area contributed by atoms with Crippen LogP contribution in [-0.2, 0) is 14.3 Å². The largest absolute Gasteiger partial charge is 0.462 e. The minimum absolute atomic E-state index is 0.277. The van der Waals surface area contributed by atoms with Gasteiger partial charge in [-0.05, 0) is 49.4 Å². The van der Waals surface area contributed by atoms with E-state index in [1.165, 1.54) is 18.3 Å². The van der Waals surface area contributed by atoms with Gasteiger partial charge in [0.15, 0.2) is 6.61 Å². The van der Waals surface area contributed by atoms with E-state index in [1.54, 1.807) is 43.5 Å². The van der Waals surface area contributed by atoms with Crippen LogP contribution in [0.3, 0.4) is 0 Å². The van der Waals surface area contributed by atoms with E-state index < -0.39 is 24.5 Å². The SMILES string of the molecule is CCOC(=O)c1ccc(NC(=O)COC(=O)c2ccc3nccnc3c2)cc1. The number of hydrogen-bond acceptors (Lipinski definition) is 7. The lowest BCUT2D eigenvalue weighted by Crippen LogP contribution is -2.21. The molecule has 3 aromatic rings. The molecule has 0 aliphatic heterocycles. The third-order valence-electron chi connectivity index (χ3n) is 3.72. The molecule has 2 aromatic carbocycles. The van der Waals surface area contributed by atoms with Crippen LogP contribution in [0.15, 0.2) is 54.9 Å². The second-order valence-corrected chi connectivity index (χ2v) is 5.68. The Morgan fingerprint density at radius 2 is 1.50 bits per heavy atom. The molecule has 0 spiro atoms. The summed E-state index contributed by atoms with van der Waals surface area (Å²) in [5.41, 5.74) is 2.34. The first-order valence-electron chi connectivity index (χ1n) is 8.51. The molecule has 142 valence electrons. The van der Waals surface area contributed by atoms with Crippen molar-refractivity contribution in [2.45, 2.75) is 6.92 Å². The summed E-state index contributed by atoms with van der Waals surface area (Å²) in [6, 6.07) is 11.0. The minimum Gasteiger partial charge on any atom is -0.462 e. The summed E-state index contributed by atoms with van der Waals surface area (Å²) >= 11 is 0. The number of carbonyl (C=O) groups is 3. The van der Waals surface area contributed by atoms with Gasteiger partial charge in [0.25, 0.3) is 5.91 Å². The van der Waals surface area contributed by atoms with Gasteiger partial charge in [-0.1, -0.05) is 0 Å². The number of amides is 1. The zero-order valence-corrected chi connectivity index (χ0v) is 15.0. The van der Waals surface area contributed by atoms with Crippen LogP contribution < -0.4 is 5.32 Å². The first-order valence-corrected chi connectivity index (χ1v) is 8.51. The maximum absolute atomic E-state index is 12.1. The Hall–Kier alpha value is -3.81. The second kappa shape index (κ2) is 8.72. The summed E-state index contributed by atoms with van der Waals surface area (Å²) < 4.78 is 9.92. The van der Waals surface area contributed by atoms with Crippen LogP contribution in [0.5, 0.6) is 0 Å². The normalized spacial score (nSPS) is 10.3. The highest BCUT2D eigenvalue weighted by Crippen LogP contribution is 2.13. The summed E-state index contributed by atoms with van der Waals surface area (Å²) in [5.74, 6) is -1.58. The van der Waals surface area contributed by atoms with E-state index in [4.69, 9.17) is 9.47 Å². The third kappa shape index (κ3) is 4.67. The van der Waals surface area contributed by atoms with Crippen LogP contribution in [-0.4, -0.2) is 41.0 Å². The van der Waals surface area contributed by atoms with Gasteiger partial charge in [-0.2, -0.15) is 0 Å². The van der Waals surface area contributed by atoms with Crippen molar-refractivity contribution in [2.75, 3.05) is 18.5 Å². The smallest absolute Gasteiger partial charge is 0.338 e. The molecular formula is C20H17N3O5. The Kier molecular flexibility index (Phi) is 5.91. The number of rotatable bonds is 6. The topological polar surface area (TPSA) is 107 Å². The van der Waals surface area contributed by atoms with Crippen LogP contribution in [0, 0.1) is 0 Å². The Morgan fingerprint density at radius 3 is 2.21 bits per heavy atom. The molecule has 1 heterocycles. The molecule has 8 nitrogen and oxygen atoms in total. The number of hydrogen-bond donors (Lipinski definition) is 1. The zero-order valence-electron chi connectivity index (χ0n) is 15.0.